The van der Waals surface area contributed by atoms with Crippen molar-refractivity contribution >= 4 is 39.5 Å². The molecule has 4 aliphatic heterocycles. The standard InChI is InChI=1S/C43H53ClF5N7O7/c1-41(2,3)63-40(57)54-13-16-59-27(22-54)23-58-14-6-4-9-28-31(44)17-32-29(20-51-56(32)33-10-5-7-15-60-33)34(28)37-35(46)36-30(19-50-37)38(61-25-43(47,48)49)53-39(52-36)62-24-42-11-8-12-55(42)21-26(45)18-42/h17,19-20,26-27,33H,4-16,18,21-25H2,1-3H3/t26-,27-,33?,42+/m1/s1. The van der Waals surface area contributed by atoms with Gasteiger partial charge in [0.25, 0.3) is 0 Å². The Labute approximate surface area is 366 Å². The van der Waals surface area contributed by atoms with Crippen LogP contribution >= 0.6 is 11.6 Å². The van der Waals surface area contributed by atoms with Crippen LogP contribution in [0, 0.1) is 5.82 Å². The Hall–Kier alpha value is -4.17. The summed E-state index contributed by atoms with van der Waals surface area (Å²) in [6.45, 7) is 6.96. The number of carbonyl (C=O) groups is 1. The second-order valence-corrected chi connectivity index (χ2v) is 18.2. The Morgan fingerprint density at radius 2 is 1.86 bits per heavy atom. The van der Waals surface area contributed by atoms with Crippen LogP contribution in [0.3, 0.4) is 0 Å². The first-order valence-corrected chi connectivity index (χ1v) is 22.0. The number of carbonyl (C=O) groups excluding carboxylic acids is 1. The molecule has 0 bridgehead atoms. The minimum absolute atomic E-state index is 0.0411. The molecule has 0 radical (unpaired) electrons. The molecule has 0 spiro atoms. The highest BCUT2D eigenvalue weighted by Crippen LogP contribution is 2.43. The van der Waals surface area contributed by atoms with Gasteiger partial charge in [-0.2, -0.15) is 28.2 Å². The Morgan fingerprint density at radius 3 is 2.63 bits per heavy atom. The molecule has 4 atom stereocenters. The molecule has 4 aromatic rings. The van der Waals surface area contributed by atoms with E-state index in [1.165, 1.54) is 6.20 Å². The van der Waals surface area contributed by atoms with Crippen molar-refractivity contribution in [3.63, 3.8) is 0 Å². The third kappa shape index (κ3) is 10.4. The lowest BCUT2D eigenvalue weighted by Gasteiger charge is -2.34. The Bertz CT molecular complexity index is 2270. The van der Waals surface area contributed by atoms with Gasteiger partial charge in [-0.25, -0.2) is 18.3 Å². The fourth-order valence-corrected chi connectivity index (χ4v) is 9.34. The molecule has 1 amide bonds. The maximum absolute atomic E-state index is 17.3. The summed E-state index contributed by atoms with van der Waals surface area (Å²) in [6.07, 6.45) is 1.72. The first kappa shape index (κ1) is 45.4. The number of benzene rings is 1. The summed E-state index contributed by atoms with van der Waals surface area (Å²) >= 11 is 7.08. The van der Waals surface area contributed by atoms with E-state index in [2.05, 4.69) is 20.1 Å². The van der Waals surface area contributed by atoms with E-state index in [0.717, 1.165) is 19.3 Å². The highest BCUT2D eigenvalue weighted by Gasteiger charge is 2.49. The molecule has 0 N–H and O–H groups in total. The number of unbranched alkanes of at least 4 members (excludes halogenated alkanes) is 1. The van der Waals surface area contributed by atoms with Crippen LogP contribution in [0.25, 0.3) is 33.1 Å². The number of hydrogen-bond acceptors (Lipinski definition) is 12. The van der Waals surface area contributed by atoms with Gasteiger partial charge in [-0.15, -0.1) is 0 Å². The van der Waals surface area contributed by atoms with Gasteiger partial charge in [0.15, 0.2) is 18.7 Å². The molecule has 63 heavy (non-hydrogen) atoms. The van der Waals surface area contributed by atoms with Crippen LogP contribution in [0.1, 0.15) is 83.9 Å². The zero-order valence-corrected chi connectivity index (χ0v) is 36.4. The summed E-state index contributed by atoms with van der Waals surface area (Å²) < 4.78 is 108. The van der Waals surface area contributed by atoms with Crippen molar-refractivity contribution < 1.29 is 55.2 Å². The molecule has 1 aromatic carbocycles. The molecular formula is C43H53ClF5N7O7. The molecule has 20 heteroatoms. The number of amides is 1. The van der Waals surface area contributed by atoms with Gasteiger partial charge in [0, 0.05) is 54.9 Å². The number of rotatable bonds is 14. The zero-order valence-electron chi connectivity index (χ0n) is 35.7. The quantitative estimate of drug-likeness (QED) is 0.0888. The lowest BCUT2D eigenvalue weighted by atomic mass is 9.95. The van der Waals surface area contributed by atoms with Gasteiger partial charge in [0.05, 0.1) is 48.5 Å². The Morgan fingerprint density at radius 1 is 1.02 bits per heavy atom. The van der Waals surface area contributed by atoms with E-state index in [1.807, 2.05) is 25.7 Å². The van der Waals surface area contributed by atoms with Gasteiger partial charge in [-0.05, 0) is 90.3 Å². The molecule has 4 saturated heterocycles. The minimum Gasteiger partial charge on any atom is -0.467 e. The number of fused-ring (bicyclic) bond motifs is 3. The molecule has 8 rings (SSSR count). The molecule has 1 unspecified atom stereocenters. The SMILES string of the molecule is CC(C)(C)OC(=O)N1CCO[C@@H](COCCCCc2c(Cl)cc3c(cnn3C3CCCCO3)c2-c2ncc3c(OCC(F)(F)F)nc(OC[C@@]45CCCN4C[C@H](F)C5)nc3c2F)C1. The number of alkyl halides is 4. The van der Waals surface area contributed by atoms with Gasteiger partial charge >= 0.3 is 18.3 Å². The molecule has 3 aromatic heterocycles. The van der Waals surface area contributed by atoms with E-state index < -0.39 is 53.9 Å². The van der Waals surface area contributed by atoms with Crippen LogP contribution in [0.15, 0.2) is 18.5 Å². The van der Waals surface area contributed by atoms with Gasteiger partial charge in [-0.1, -0.05) is 11.6 Å². The third-order valence-corrected chi connectivity index (χ3v) is 12.3. The van der Waals surface area contributed by atoms with Crippen molar-refractivity contribution in [2.75, 3.05) is 65.8 Å². The van der Waals surface area contributed by atoms with Crippen molar-refractivity contribution in [1.29, 1.82) is 0 Å². The maximum Gasteiger partial charge on any atom is 0.422 e. The topological polar surface area (TPSA) is 135 Å². The van der Waals surface area contributed by atoms with Gasteiger partial charge in [-0.3, -0.25) is 9.88 Å². The molecule has 14 nitrogen and oxygen atoms in total. The molecule has 4 fully saturated rings. The van der Waals surface area contributed by atoms with E-state index in [9.17, 15) is 22.4 Å². The predicted molar refractivity (Wildman–Crippen MR) is 221 cm³/mol. The molecule has 7 heterocycles. The number of hydrogen-bond donors (Lipinski definition) is 0. The summed E-state index contributed by atoms with van der Waals surface area (Å²) in [5.41, 5.74) is -0.266. The minimum atomic E-state index is -4.73. The smallest absolute Gasteiger partial charge is 0.422 e. The molecule has 0 aliphatic carbocycles. The first-order valence-electron chi connectivity index (χ1n) is 21.6. The maximum atomic E-state index is 17.3. The third-order valence-electron chi connectivity index (χ3n) is 11.9. The van der Waals surface area contributed by atoms with Crippen LogP contribution in [0.5, 0.6) is 11.9 Å². The molecule has 344 valence electrons. The fraction of sp³-hybridized carbons (Fsp3) is 0.651. The van der Waals surface area contributed by atoms with Crippen LogP contribution in [0.4, 0.5) is 26.7 Å². The second-order valence-electron chi connectivity index (χ2n) is 17.8. The predicted octanol–water partition coefficient (Wildman–Crippen LogP) is 8.40. The van der Waals surface area contributed by atoms with Crippen LogP contribution < -0.4 is 9.47 Å². The lowest BCUT2D eigenvalue weighted by molar-refractivity contribution is -0.153. The number of halogens is 6. The van der Waals surface area contributed by atoms with E-state index in [1.54, 1.807) is 21.8 Å². The average molecular weight is 910 g/mol. The van der Waals surface area contributed by atoms with Crippen molar-refractivity contribution in [2.24, 2.45) is 0 Å². The second kappa shape index (κ2) is 18.7. The van der Waals surface area contributed by atoms with Crippen LogP contribution in [-0.4, -0.2) is 136 Å². The van der Waals surface area contributed by atoms with E-state index in [-0.39, 0.29) is 55.1 Å². The van der Waals surface area contributed by atoms with Crippen molar-refractivity contribution in [2.45, 2.75) is 114 Å². The first-order chi connectivity index (χ1) is 30.1. The number of morpholine rings is 1. The van der Waals surface area contributed by atoms with E-state index >= 15 is 4.39 Å². The molecular weight excluding hydrogens is 857 g/mol. The summed E-state index contributed by atoms with van der Waals surface area (Å²) in [4.78, 5) is 29.2. The van der Waals surface area contributed by atoms with E-state index in [4.69, 9.17) is 40.0 Å². The van der Waals surface area contributed by atoms with Crippen molar-refractivity contribution in [3.8, 4) is 23.1 Å². The number of nitrogens with zero attached hydrogens (tertiary/aromatic N) is 7. The number of pyridine rings is 1. The Balaban J connectivity index is 1.07. The number of aromatic nitrogens is 5. The highest BCUT2D eigenvalue weighted by atomic mass is 35.5. The van der Waals surface area contributed by atoms with E-state index in [0.29, 0.717) is 98.6 Å². The van der Waals surface area contributed by atoms with Crippen molar-refractivity contribution in [1.82, 2.24) is 34.5 Å². The highest BCUT2D eigenvalue weighted by molar-refractivity contribution is 6.33. The van der Waals surface area contributed by atoms with Gasteiger partial charge in [0.1, 0.15) is 29.6 Å². The fourth-order valence-electron chi connectivity index (χ4n) is 9.05. The zero-order chi connectivity index (χ0) is 44.5. The Kier molecular flexibility index (Phi) is 13.5. The monoisotopic (exact) mass is 909 g/mol. The summed E-state index contributed by atoms with van der Waals surface area (Å²) in [5, 5.41) is 5.34. The largest absolute Gasteiger partial charge is 0.467 e. The lowest BCUT2D eigenvalue weighted by Crippen LogP contribution is -2.48. The molecule has 0 saturated carbocycles. The van der Waals surface area contributed by atoms with Gasteiger partial charge in [0.2, 0.25) is 5.88 Å². The van der Waals surface area contributed by atoms with Crippen LogP contribution in [0.2, 0.25) is 5.02 Å². The van der Waals surface area contributed by atoms with Crippen LogP contribution in [-0.2, 0) is 25.4 Å². The average Bonchev–Trinajstić information content (AvgIpc) is 3.92. The number of ether oxygens (including phenoxy) is 6. The summed E-state index contributed by atoms with van der Waals surface area (Å²) in [5.74, 6) is -1.51. The summed E-state index contributed by atoms with van der Waals surface area (Å²) in [6, 6.07) is 1.37. The van der Waals surface area contributed by atoms with Gasteiger partial charge < -0.3 is 33.3 Å². The summed E-state index contributed by atoms with van der Waals surface area (Å²) in [7, 11) is 0. The van der Waals surface area contributed by atoms with Crippen molar-refractivity contribution in [3.05, 3.63) is 34.9 Å². The normalized spacial score (nSPS) is 23.4. The molecule has 4 aliphatic rings.